The lowest BCUT2D eigenvalue weighted by Crippen LogP contribution is -2.00. The van der Waals surface area contributed by atoms with Gasteiger partial charge in [0.1, 0.15) is 5.65 Å². The van der Waals surface area contributed by atoms with Crippen LogP contribution in [0.2, 0.25) is 0 Å². The Morgan fingerprint density at radius 2 is 0.825 bits per heavy atom. The maximum atomic E-state index is 5.33. The number of benzene rings is 8. The predicted octanol–water partition coefficient (Wildman–Crippen LogP) is 12.6. The molecule has 8 aromatic carbocycles. The molecule has 0 aliphatic heterocycles. The molecule has 0 amide bonds. The highest BCUT2D eigenvalue weighted by Crippen LogP contribution is 2.38. The predicted molar refractivity (Wildman–Crippen MR) is 235 cm³/mol. The first-order chi connectivity index (χ1) is 28.3. The van der Waals surface area contributed by atoms with Gasteiger partial charge in [0.15, 0.2) is 0 Å². The molecule has 0 saturated carbocycles. The second-order valence-corrected chi connectivity index (χ2v) is 14.9. The molecule has 0 aliphatic carbocycles. The van der Waals surface area contributed by atoms with Gasteiger partial charge >= 0.3 is 0 Å². The number of rotatable bonds is 3. The number of hydrogen-bond acceptors (Lipinski definition) is 1. The highest BCUT2D eigenvalue weighted by atomic mass is 15.2. The van der Waals surface area contributed by atoms with Crippen LogP contribution in [0, 0.1) is 0 Å². The minimum absolute atomic E-state index is 0.854. The molecule has 0 aliphatic rings. The third-order valence-corrected chi connectivity index (χ3v) is 11.9. The van der Waals surface area contributed by atoms with Gasteiger partial charge in [-0.15, -0.1) is 0 Å². The van der Waals surface area contributed by atoms with Crippen LogP contribution in [-0.4, -0.2) is 27.5 Å². The molecule has 0 radical (unpaired) electrons. The quantitative estimate of drug-likeness (QED) is 0.178. The Balaban J connectivity index is 1.15. The molecule has 6 heteroatoms. The molecule has 0 spiro atoms. The topological polar surface area (TPSA) is 36.5 Å². The van der Waals surface area contributed by atoms with E-state index in [4.69, 9.17) is 4.98 Å². The molecule has 0 saturated heterocycles. The van der Waals surface area contributed by atoms with E-state index in [1.807, 2.05) is 0 Å². The van der Waals surface area contributed by atoms with Crippen molar-refractivity contribution in [1.82, 2.24) is 27.5 Å². The summed E-state index contributed by atoms with van der Waals surface area (Å²) >= 11 is 0. The Bertz CT molecular complexity index is 3760. The van der Waals surface area contributed by atoms with Crippen LogP contribution in [-0.2, 0) is 0 Å². The summed E-state index contributed by atoms with van der Waals surface area (Å²) in [5, 5.41) is 6.12. The van der Waals surface area contributed by atoms with Gasteiger partial charge in [0, 0.05) is 38.3 Å². The van der Waals surface area contributed by atoms with Crippen LogP contribution in [0.4, 0.5) is 0 Å². The van der Waals surface area contributed by atoms with E-state index in [9.17, 15) is 0 Å². The van der Waals surface area contributed by atoms with E-state index in [1.165, 1.54) is 38.0 Å². The molecular formula is C51H32N6. The minimum Gasteiger partial charge on any atom is -0.309 e. The Morgan fingerprint density at radius 3 is 1.53 bits per heavy atom. The zero-order valence-electron chi connectivity index (χ0n) is 30.7. The van der Waals surface area contributed by atoms with Crippen molar-refractivity contribution < 1.29 is 0 Å². The average Bonchev–Trinajstić information content (AvgIpc) is 4.00. The summed E-state index contributed by atoms with van der Waals surface area (Å²) in [6, 6.07) is 70.1. The van der Waals surface area contributed by atoms with E-state index < -0.39 is 0 Å². The first kappa shape index (κ1) is 30.5. The molecule has 266 valence electrons. The summed E-state index contributed by atoms with van der Waals surface area (Å²) in [5.74, 6) is 0.854. The molecule has 13 rings (SSSR count). The molecule has 6 nitrogen and oxygen atoms in total. The van der Waals surface area contributed by atoms with Gasteiger partial charge in [-0.1, -0.05) is 103 Å². The van der Waals surface area contributed by atoms with E-state index >= 15 is 0 Å². The van der Waals surface area contributed by atoms with E-state index in [0.717, 1.165) is 67.1 Å². The Hall–Kier alpha value is -7.83. The molecule has 0 unspecified atom stereocenters. The van der Waals surface area contributed by atoms with Gasteiger partial charge in [0.25, 0.3) is 0 Å². The number of imidazole rings is 1. The fourth-order valence-electron chi connectivity index (χ4n) is 9.48. The van der Waals surface area contributed by atoms with Crippen molar-refractivity contribution in [2.75, 3.05) is 0 Å². The van der Waals surface area contributed by atoms with Gasteiger partial charge in [0.2, 0.25) is 5.78 Å². The normalized spacial score (nSPS) is 12.2. The van der Waals surface area contributed by atoms with Gasteiger partial charge in [-0.3, -0.25) is 13.4 Å². The Labute approximate surface area is 325 Å². The molecule has 13 aromatic rings. The maximum absolute atomic E-state index is 5.33. The van der Waals surface area contributed by atoms with Crippen molar-refractivity contribution in [3.63, 3.8) is 0 Å². The van der Waals surface area contributed by atoms with Gasteiger partial charge in [-0.25, -0.2) is 4.98 Å². The summed E-state index contributed by atoms with van der Waals surface area (Å²) in [4.78, 5) is 5.33. The lowest BCUT2D eigenvalue weighted by atomic mass is 10.1. The van der Waals surface area contributed by atoms with Gasteiger partial charge < -0.3 is 9.13 Å². The zero-order chi connectivity index (χ0) is 37.2. The molecule has 0 N–H and O–H groups in total. The number of hydrogen-bond donors (Lipinski definition) is 0. The summed E-state index contributed by atoms with van der Waals surface area (Å²) in [6.45, 7) is 0. The SMILES string of the molecule is c1ccc(-n2c3cc4ccccc4n3c3cc(-n4c5ccccc5c5cc(-n6c7ccccc7c7ccccc76)ccc54)ccc3n3c4ccccc4nc23)cc1. The Kier molecular flexibility index (Phi) is 6.07. The third-order valence-electron chi connectivity index (χ3n) is 11.9. The first-order valence-electron chi connectivity index (χ1n) is 19.4. The molecule has 0 atom stereocenters. The van der Waals surface area contributed by atoms with Gasteiger partial charge in [0.05, 0.1) is 55.3 Å². The van der Waals surface area contributed by atoms with E-state index in [2.05, 4.69) is 217 Å². The highest BCUT2D eigenvalue weighted by Gasteiger charge is 2.20. The largest absolute Gasteiger partial charge is 0.309 e. The fraction of sp³-hybridized carbons (Fsp3) is 0. The van der Waals surface area contributed by atoms with E-state index in [1.54, 1.807) is 0 Å². The van der Waals surface area contributed by atoms with E-state index in [-0.39, 0.29) is 0 Å². The van der Waals surface area contributed by atoms with Crippen molar-refractivity contribution in [2.24, 2.45) is 0 Å². The van der Waals surface area contributed by atoms with Crippen molar-refractivity contribution in [3.05, 3.63) is 194 Å². The first-order valence-corrected chi connectivity index (χ1v) is 19.4. The lowest BCUT2D eigenvalue weighted by Gasteiger charge is -2.11. The van der Waals surface area contributed by atoms with Gasteiger partial charge in [-0.05, 0) is 91.0 Å². The summed E-state index contributed by atoms with van der Waals surface area (Å²) in [7, 11) is 0. The molecule has 0 fully saturated rings. The van der Waals surface area contributed by atoms with Crippen LogP contribution in [0.5, 0.6) is 0 Å². The van der Waals surface area contributed by atoms with Crippen LogP contribution in [0.3, 0.4) is 0 Å². The summed E-state index contributed by atoms with van der Waals surface area (Å²) in [5.41, 5.74) is 14.4. The second-order valence-electron chi connectivity index (χ2n) is 14.9. The van der Waals surface area contributed by atoms with Crippen LogP contribution in [0.25, 0.3) is 105 Å². The van der Waals surface area contributed by atoms with E-state index in [0.29, 0.717) is 0 Å². The molecule has 57 heavy (non-hydrogen) atoms. The molecule has 5 heterocycles. The van der Waals surface area contributed by atoms with Crippen LogP contribution in [0.1, 0.15) is 0 Å². The van der Waals surface area contributed by atoms with Gasteiger partial charge in [-0.2, -0.15) is 0 Å². The van der Waals surface area contributed by atoms with Crippen LogP contribution >= 0.6 is 0 Å². The average molecular weight is 729 g/mol. The Morgan fingerprint density at radius 1 is 0.298 bits per heavy atom. The second kappa shape index (κ2) is 11.4. The molecule has 5 aromatic heterocycles. The third kappa shape index (κ3) is 4.16. The minimum atomic E-state index is 0.854. The number of nitrogens with zero attached hydrogens (tertiary/aromatic N) is 6. The van der Waals surface area contributed by atoms with Crippen LogP contribution < -0.4 is 0 Å². The summed E-state index contributed by atoms with van der Waals surface area (Å²) < 4.78 is 11.9. The van der Waals surface area contributed by atoms with Crippen molar-refractivity contribution in [3.8, 4) is 17.1 Å². The standard InChI is InChI=1S/C51H32N6/c1-2-15-34(16-3-1)55-50-30-33-14-4-9-21-42(33)56(50)49-32-36(27-29-48(49)57-47-25-13-8-20-41(47)52-51(55)57)54-45-24-12-7-19-39(45)40-31-35(26-28-46(40)54)53-43-22-10-5-17-37(43)38-18-6-11-23-44(38)53/h1-32H. The smallest absolute Gasteiger partial charge is 0.221 e. The van der Waals surface area contributed by atoms with Crippen molar-refractivity contribution in [1.29, 1.82) is 0 Å². The lowest BCUT2D eigenvalue weighted by molar-refractivity contribution is 1.05. The molecule has 0 bridgehead atoms. The fourth-order valence-corrected chi connectivity index (χ4v) is 9.48. The summed E-state index contributed by atoms with van der Waals surface area (Å²) in [6.07, 6.45) is 0. The number of aromatic nitrogens is 6. The highest BCUT2D eigenvalue weighted by molar-refractivity contribution is 6.12. The van der Waals surface area contributed by atoms with Crippen molar-refractivity contribution in [2.45, 2.75) is 0 Å². The number of fused-ring (bicyclic) bond motifs is 15. The zero-order valence-corrected chi connectivity index (χ0v) is 30.7. The monoisotopic (exact) mass is 728 g/mol. The maximum Gasteiger partial charge on any atom is 0.221 e. The number of para-hydroxylation sites is 7. The van der Waals surface area contributed by atoms with Crippen LogP contribution in [0.15, 0.2) is 194 Å². The van der Waals surface area contributed by atoms with Crippen molar-refractivity contribution >= 4 is 88.0 Å². The molecular weight excluding hydrogens is 697 g/mol.